The number of hydrogen-bond acceptors (Lipinski definition) is 13. The minimum Gasteiger partial charge on any atom is -0.507 e. The number of benzene rings is 2. The fourth-order valence-corrected chi connectivity index (χ4v) is 7.76. The number of carbonyl (C=O) groups excluding carboxylic acids is 8. The van der Waals surface area contributed by atoms with Crippen LogP contribution in [-0.2, 0) is 49.6 Å². The molecular formula is C48H70N8O13. The van der Waals surface area contributed by atoms with E-state index in [0.29, 0.717) is 12.0 Å². The summed E-state index contributed by atoms with van der Waals surface area (Å²) in [5.41, 5.74) is 6.40. The van der Waals surface area contributed by atoms with E-state index in [1.165, 1.54) is 109 Å². The number of hydrogen-bond donors (Lipinski definition) is 10. The number of nitrogens with zero attached hydrogens (tertiary/aromatic N) is 2. The van der Waals surface area contributed by atoms with Crippen molar-refractivity contribution in [1.82, 2.24) is 36.4 Å². The molecule has 3 rings (SSSR count). The summed E-state index contributed by atoms with van der Waals surface area (Å²) in [4.78, 5) is 118. The fourth-order valence-electron chi connectivity index (χ4n) is 7.76. The van der Waals surface area contributed by atoms with Gasteiger partial charge in [0, 0.05) is 38.1 Å². The summed E-state index contributed by atoms with van der Waals surface area (Å²) >= 11 is 0. The number of carboxylic acids is 1. The monoisotopic (exact) mass is 967 g/mol. The Labute approximate surface area is 402 Å². The van der Waals surface area contributed by atoms with Crippen molar-refractivity contribution in [2.24, 2.45) is 5.73 Å². The van der Waals surface area contributed by atoms with Gasteiger partial charge in [-0.1, -0.05) is 96.1 Å². The lowest BCUT2D eigenvalue weighted by molar-refractivity contribution is -0.149. The van der Waals surface area contributed by atoms with Gasteiger partial charge in [0.25, 0.3) is 11.7 Å². The first-order chi connectivity index (χ1) is 32.8. The first kappa shape index (κ1) is 56.7. The highest BCUT2D eigenvalue weighted by atomic mass is 16.4. The number of ketones is 1. The van der Waals surface area contributed by atoms with Crippen molar-refractivity contribution in [3.05, 3.63) is 47.5 Å². The Balaban J connectivity index is 1.65. The molecule has 21 nitrogen and oxygen atoms in total. The van der Waals surface area contributed by atoms with E-state index in [4.69, 9.17) is 10.8 Å². The molecule has 0 radical (unpaired) electrons. The predicted molar refractivity (Wildman–Crippen MR) is 253 cm³/mol. The van der Waals surface area contributed by atoms with E-state index in [1.54, 1.807) is 0 Å². The van der Waals surface area contributed by atoms with E-state index < -0.39 is 97.2 Å². The lowest BCUT2D eigenvalue weighted by Crippen LogP contribution is -2.59. The molecule has 4 bridgehead atoms. The van der Waals surface area contributed by atoms with Crippen LogP contribution in [0.15, 0.2) is 36.4 Å². The van der Waals surface area contributed by atoms with Gasteiger partial charge in [-0.3, -0.25) is 38.4 Å². The normalized spacial score (nSPS) is 16.6. The lowest BCUT2D eigenvalue weighted by Gasteiger charge is -2.30. The average Bonchev–Trinajstić information content (AvgIpc) is 3.31. The maximum atomic E-state index is 14.0. The van der Waals surface area contributed by atoms with E-state index in [1.807, 2.05) is 0 Å². The van der Waals surface area contributed by atoms with Crippen molar-refractivity contribution in [2.45, 2.75) is 140 Å². The molecule has 1 aliphatic rings. The zero-order valence-corrected chi connectivity index (χ0v) is 40.0. The Kier molecular flexibility index (Phi) is 23.6. The molecule has 0 spiro atoms. The minimum atomic E-state index is -1.79. The topological polar surface area (TPSA) is 327 Å². The Bertz CT molecular complexity index is 2130. The average molecular weight is 967 g/mol. The molecule has 0 aliphatic carbocycles. The number of rotatable bonds is 26. The third kappa shape index (κ3) is 17.8. The van der Waals surface area contributed by atoms with E-state index in [9.17, 15) is 58.5 Å². The van der Waals surface area contributed by atoms with Crippen molar-refractivity contribution in [3.63, 3.8) is 0 Å². The van der Waals surface area contributed by atoms with Gasteiger partial charge in [0.1, 0.15) is 35.7 Å². The predicted octanol–water partition coefficient (Wildman–Crippen LogP) is 1.40. The standard InChI is InChI=1S/C48H70N8O13/c1-5-6-7-8-9-10-11-12-13-14-15-16-17-18-39(61)55(3)35(28-57)45(65)54-42(49)47(67)51-27-40(62)56(4)41-31-20-22-37(59)33(25-31)32-23-30(19-21-36(32)58)24-34(44(64)50-26-38(60)48(68)69)53-43(63)29(2)52-46(41)66/h19-23,25,29,34-35,41-42,57-59H,5-18,24,26-28,49H2,1-4H3,(H,50,64)(H,51,67)(H,52,66)(H,53,63)(H,54,65)(H,68,69)/t29-,34-,35+,41-,42-/m0/s1. The molecule has 0 unspecified atom stereocenters. The molecule has 69 heavy (non-hydrogen) atoms. The molecule has 0 saturated heterocycles. The third-order valence-corrected chi connectivity index (χ3v) is 12.0. The molecule has 2 aromatic carbocycles. The molecule has 5 atom stereocenters. The first-order valence-corrected chi connectivity index (χ1v) is 23.6. The quantitative estimate of drug-likeness (QED) is 0.0362. The molecule has 0 aromatic heterocycles. The number of phenols is 2. The van der Waals surface area contributed by atoms with E-state index in [-0.39, 0.29) is 46.9 Å². The highest BCUT2D eigenvalue weighted by Crippen LogP contribution is 2.38. The van der Waals surface area contributed by atoms with Crippen molar-refractivity contribution in [2.75, 3.05) is 33.8 Å². The smallest absolute Gasteiger partial charge is 0.374 e. The minimum absolute atomic E-state index is 0.00386. The number of aliphatic hydroxyl groups excluding tert-OH is 1. The molecule has 2 aromatic rings. The van der Waals surface area contributed by atoms with Crippen LogP contribution in [0.4, 0.5) is 0 Å². The number of amides is 7. The van der Waals surface area contributed by atoms with Gasteiger partial charge >= 0.3 is 5.97 Å². The zero-order valence-electron chi connectivity index (χ0n) is 40.0. The van der Waals surface area contributed by atoms with Gasteiger partial charge in [0.15, 0.2) is 6.17 Å². The number of carbonyl (C=O) groups is 9. The number of phenolic OH excluding ortho intramolecular Hbond substituents is 2. The third-order valence-electron chi connectivity index (χ3n) is 12.0. The summed E-state index contributed by atoms with van der Waals surface area (Å²) in [7, 11) is 2.58. The molecular weight excluding hydrogens is 897 g/mol. The van der Waals surface area contributed by atoms with Gasteiger partial charge in [-0.25, -0.2) is 4.79 Å². The zero-order chi connectivity index (χ0) is 51.2. The summed E-state index contributed by atoms with van der Waals surface area (Å²) in [5.74, 6) is -9.78. The van der Waals surface area contributed by atoms with E-state index in [0.717, 1.165) is 35.5 Å². The molecule has 7 amide bonds. The lowest BCUT2D eigenvalue weighted by atomic mass is 9.93. The summed E-state index contributed by atoms with van der Waals surface area (Å²) in [6, 6.07) is 2.22. The van der Waals surface area contributed by atoms with Crippen molar-refractivity contribution >= 4 is 53.1 Å². The van der Waals surface area contributed by atoms with E-state index in [2.05, 4.69) is 33.5 Å². The van der Waals surface area contributed by atoms with Crippen molar-refractivity contribution < 1.29 is 63.6 Å². The Morgan fingerprint density at radius 1 is 0.739 bits per heavy atom. The van der Waals surface area contributed by atoms with Crippen LogP contribution < -0.4 is 32.3 Å². The second-order valence-electron chi connectivity index (χ2n) is 17.4. The van der Waals surface area contributed by atoms with Crippen LogP contribution in [0.1, 0.15) is 121 Å². The largest absolute Gasteiger partial charge is 0.507 e. The van der Waals surface area contributed by atoms with Crippen LogP contribution in [-0.4, -0.2) is 141 Å². The highest BCUT2D eigenvalue weighted by Gasteiger charge is 2.34. The number of Topliss-reactive ketones (excluding diaryl/α,β-unsaturated/α-hetero) is 1. The van der Waals surface area contributed by atoms with Gasteiger partial charge in [-0.15, -0.1) is 0 Å². The molecule has 380 valence electrons. The van der Waals surface area contributed by atoms with Crippen LogP contribution in [0.2, 0.25) is 0 Å². The summed E-state index contributed by atoms with van der Waals surface area (Å²) in [6.07, 6.45) is 13.0. The number of nitrogens with two attached hydrogens (primary N) is 1. The molecule has 0 saturated carbocycles. The molecule has 0 fully saturated rings. The summed E-state index contributed by atoms with van der Waals surface area (Å²) in [5, 5.41) is 52.5. The number of unbranched alkanes of at least 4 members (excludes halogenated alkanes) is 12. The van der Waals surface area contributed by atoms with Gasteiger partial charge in [-0.2, -0.15) is 0 Å². The molecule has 11 N–H and O–H groups in total. The summed E-state index contributed by atoms with van der Waals surface area (Å²) in [6.45, 7) is 1.08. The second kappa shape index (κ2) is 28.7. The first-order valence-electron chi connectivity index (χ1n) is 23.6. The molecule has 1 aliphatic heterocycles. The number of aliphatic carboxylic acids is 1. The van der Waals surface area contributed by atoms with Gasteiger partial charge in [0.05, 0.1) is 19.7 Å². The van der Waals surface area contributed by atoms with E-state index >= 15 is 0 Å². The molecule has 21 heteroatoms. The second-order valence-corrected chi connectivity index (χ2v) is 17.4. The van der Waals surface area contributed by atoms with Crippen molar-refractivity contribution in [3.8, 4) is 22.6 Å². The molecule has 1 heterocycles. The highest BCUT2D eigenvalue weighted by molar-refractivity contribution is 6.33. The number of nitrogens with one attached hydrogen (secondary N) is 5. The number of fused-ring (bicyclic) bond motifs is 5. The van der Waals surface area contributed by atoms with Crippen LogP contribution in [0, 0.1) is 0 Å². The maximum absolute atomic E-state index is 14.0. The number of likely N-dealkylation sites (N-methyl/N-ethyl adjacent to an activating group) is 2. The maximum Gasteiger partial charge on any atom is 0.374 e. The van der Waals surface area contributed by atoms with Gasteiger partial charge in [0.2, 0.25) is 35.4 Å². The van der Waals surface area contributed by atoms with Crippen LogP contribution in [0.25, 0.3) is 11.1 Å². The number of carboxylic acid groups (broad SMARTS) is 1. The van der Waals surface area contributed by atoms with Gasteiger partial charge < -0.3 is 62.5 Å². The Morgan fingerprint density at radius 3 is 1.88 bits per heavy atom. The van der Waals surface area contributed by atoms with Crippen molar-refractivity contribution in [1.29, 1.82) is 0 Å². The van der Waals surface area contributed by atoms with Gasteiger partial charge in [-0.05, 0) is 48.7 Å². The van der Waals surface area contributed by atoms with Crippen LogP contribution in [0.5, 0.6) is 11.5 Å². The van der Waals surface area contributed by atoms with Crippen LogP contribution >= 0.6 is 0 Å². The van der Waals surface area contributed by atoms with Crippen LogP contribution in [0.3, 0.4) is 0 Å². The Morgan fingerprint density at radius 2 is 1.30 bits per heavy atom. The number of aliphatic hydroxyl groups is 1. The SMILES string of the molecule is CCCCCCCCCCCCCCCC(=O)N(C)[C@H](CO)C(=O)N[C@H](N)C(=O)NCC(=O)N(C)[C@@H]1C(=O)N[C@@H](C)C(=O)N[C@H](C(=O)NCC(=O)C(=O)O)Cc2ccc(O)c(c2)-c2cc1ccc2O. The fraction of sp³-hybridized carbons (Fsp3) is 0.562. The number of aromatic hydroxyl groups is 2. The Hall–Kier alpha value is -6.61. The summed E-state index contributed by atoms with van der Waals surface area (Å²) < 4.78 is 0.